The quantitative estimate of drug-likeness (QED) is 0.575. The Hall–Kier alpha value is -2.71. The maximum absolute atomic E-state index is 15.0. The first-order valence-electron chi connectivity index (χ1n) is 11.2. The molecule has 3 aliphatic heterocycles. The largest absolute Gasteiger partial charge is 0.492 e. The third-order valence-corrected chi connectivity index (χ3v) is 6.93. The zero-order valence-electron chi connectivity index (χ0n) is 17.5. The molecule has 2 aromatic heterocycles. The lowest BCUT2D eigenvalue weighted by Crippen LogP contribution is -2.61. The van der Waals surface area contributed by atoms with Crippen molar-refractivity contribution in [1.82, 2.24) is 20.3 Å². The van der Waals surface area contributed by atoms with Crippen molar-refractivity contribution in [3.05, 3.63) is 41.4 Å². The van der Waals surface area contributed by atoms with Gasteiger partial charge in [0.2, 0.25) is 0 Å². The number of benzene rings is 1. The van der Waals surface area contributed by atoms with Crippen molar-refractivity contribution in [2.75, 3.05) is 29.9 Å². The van der Waals surface area contributed by atoms with Crippen LogP contribution in [0.1, 0.15) is 25.7 Å². The number of nitrogens with one attached hydrogen (secondary N) is 2. The van der Waals surface area contributed by atoms with E-state index in [1.165, 1.54) is 12.7 Å². The standard InChI is InChI=1S/C23H24ClFN6O/c24-20-18(32-11-13-1-2-13)7-5-16(21(20)25)29-23-22-17(27-12-28-23)6-8-19(30-22)31-10-14-3-4-15(31)9-26-14/h5-8,12-15,26H,1-4,9-11H2,(H,27,28,29)/t14-,15?/m0/s1. The molecule has 0 radical (unpaired) electrons. The minimum atomic E-state index is -0.567. The first kappa shape index (κ1) is 19.9. The number of halogens is 2. The number of nitrogens with zero attached hydrogens (tertiary/aromatic N) is 4. The predicted molar refractivity (Wildman–Crippen MR) is 122 cm³/mol. The van der Waals surface area contributed by atoms with Crippen LogP contribution in [0.25, 0.3) is 11.0 Å². The molecule has 32 heavy (non-hydrogen) atoms. The predicted octanol–water partition coefficient (Wildman–Crippen LogP) is 4.29. The van der Waals surface area contributed by atoms with Gasteiger partial charge in [0, 0.05) is 25.2 Å². The van der Waals surface area contributed by atoms with Crippen LogP contribution in [0.5, 0.6) is 5.75 Å². The fourth-order valence-electron chi connectivity index (χ4n) is 4.53. The maximum atomic E-state index is 15.0. The van der Waals surface area contributed by atoms with Gasteiger partial charge in [0.05, 0.1) is 17.8 Å². The van der Waals surface area contributed by atoms with Crippen molar-refractivity contribution in [3.63, 3.8) is 0 Å². The Labute approximate surface area is 190 Å². The SMILES string of the molecule is Fc1c(Nc2ncnc3ccc(N4C[C@@H]5CCC4CN5)nc23)ccc(OCC2CC2)c1Cl. The van der Waals surface area contributed by atoms with Gasteiger partial charge in [-0.1, -0.05) is 11.6 Å². The van der Waals surface area contributed by atoms with E-state index in [1.807, 2.05) is 12.1 Å². The average molecular weight is 455 g/mol. The van der Waals surface area contributed by atoms with Gasteiger partial charge in [-0.3, -0.25) is 0 Å². The summed E-state index contributed by atoms with van der Waals surface area (Å²) in [7, 11) is 0. The number of anilines is 3. The maximum Gasteiger partial charge on any atom is 0.169 e. The molecule has 1 unspecified atom stereocenters. The number of hydrogen-bond acceptors (Lipinski definition) is 7. The molecule has 2 atom stereocenters. The van der Waals surface area contributed by atoms with E-state index >= 15 is 4.39 Å². The summed E-state index contributed by atoms with van der Waals surface area (Å²) in [5.74, 6) is 1.70. The molecule has 7 nitrogen and oxygen atoms in total. The van der Waals surface area contributed by atoms with E-state index in [0.717, 1.165) is 38.2 Å². The van der Waals surface area contributed by atoms with Crippen LogP contribution in [0.2, 0.25) is 5.02 Å². The molecule has 4 aliphatic rings. The molecule has 2 bridgehead atoms. The minimum Gasteiger partial charge on any atom is -0.492 e. The Balaban J connectivity index is 1.30. The first-order chi connectivity index (χ1) is 15.7. The molecule has 0 amide bonds. The highest BCUT2D eigenvalue weighted by atomic mass is 35.5. The van der Waals surface area contributed by atoms with Gasteiger partial charge >= 0.3 is 0 Å². The third-order valence-electron chi connectivity index (χ3n) is 6.58. The molecule has 1 saturated carbocycles. The molecule has 1 aliphatic carbocycles. The number of hydrogen-bond donors (Lipinski definition) is 2. The van der Waals surface area contributed by atoms with Gasteiger partial charge in [-0.15, -0.1) is 0 Å². The van der Waals surface area contributed by atoms with E-state index in [9.17, 15) is 0 Å². The summed E-state index contributed by atoms with van der Waals surface area (Å²) in [5.41, 5.74) is 1.52. The number of piperidine rings is 2. The second-order valence-electron chi connectivity index (χ2n) is 8.87. The van der Waals surface area contributed by atoms with Gasteiger partial charge < -0.3 is 20.3 Å². The first-order valence-corrected chi connectivity index (χ1v) is 11.5. The van der Waals surface area contributed by atoms with Crippen LogP contribution in [0.15, 0.2) is 30.6 Å². The Morgan fingerprint density at radius 3 is 2.81 bits per heavy atom. The zero-order valence-corrected chi connectivity index (χ0v) is 18.3. The van der Waals surface area contributed by atoms with Gasteiger partial charge in [-0.25, -0.2) is 19.3 Å². The highest BCUT2D eigenvalue weighted by molar-refractivity contribution is 6.32. The lowest BCUT2D eigenvalue weighted by Gasteiger charge is -2.46. The van der Waals surface area contributed by atoms with Crippen molar-refractivity contribution in [2.45, 2.75) is 37.8 Å². The third kappa shape index (κ3) is 3.71. The fourth-order valence-corrected chi connectivity index (χ4v) is 4.75. The molecule has 9 heteroatoms. The lowest BCUT2D eigenvalue weighted by atomic mass is 9.93. The summed E-state index contributed by atoms with van der Waals surface area (Å²) >= 11 is 6.25. The summed E-state index contributed by atoms with van der Waals surface area (Å²) in [6, 6.07) is 8.19. The molecule has 4 fully saturated rings. The van der Waals surface area contributed by atoms with Gasteiger partial charge in [-0.05, 0) is 55.9 Å². The van der Waals surface area contributed by atoms with Crippen LogP contribution >= 0.6 is 11.6 Å². The normalized spacial score (nSPS) is 22.4. The molecule has 3 aromatic rings. The summed E-state index contributed by atoms with van der Waals surface area (Å²) in [5, 5.41) is 6.60. The summed E-state index contributed by atoms with van der Waals surface area (Å²) in [6.07, 6.45) is 6.12. The lowest BCUT2D eigenvalue weighted by molar-refractivity contribution is 0.289. The monoisotopic (exact) mass is 454 g/mol. The number of fused-ring (bicyclic) bond motifs is 4. The van der Waals surface area contributed by atoms with Crippen LogP contribution in [-0.2, 0) is 0 Å². The van der Waals surface area contributed by atoms with E-state index in [2.05, 4.69) is 25.5 Å². The molecule has 166 valence electrons. The van der Waals surface area contributed by atoms with Gasteiger partial charge in [0.25, 0.3) is 0 Å². The van der Waals surface area contributed by atoms with Crippen LogP contribution in [0, 0.1) is 11.7 Å². The second kappa shape index (κ2) is 8.01. The zero-order chi connectivity index (χ0) is 21.7. The fraction of sp³-hybridized carbons (Fsp3) is 0.435. The molecule has 3 saturated heterocycles. The van der Waals surface area contributed by atoms with Crippen molar-refractivity contribution in [1.29, 1.82) is 0 Å². The van der Waals surface area contributed by atoms with E-state index in [-0.39, 0.29) is 10.7 Å². The van der Waals surface area contributed by atoms with Crippen LogP contribution in [0.3, 0.4) is 0 Å². The highest BCUT2D eigenvalue weighted by Crippen LogP contribution is 2.36. The molecule has 2 N–H and O–H groups in total. The van der Waals surface area contributed by atoms with E-state index in [1.54, 1.807) is 12.1 Å². The van der Waals surface area contributed by atoms with Gasteiger partial charge in [0.1, 0.15) is 28.4 Å². The number of piperazine rings is 1. The Bertz CT molecular complexity index is 1160. The van der Waals surface area contributed by atoms with E-state index in [4.69, 9.17) is 21.3 Å². The minimum absolute atomic E-state index is 0.0282. The van der Waals surface area contributed by atoms with Crippen molar-refractivity contribution in [2.24, 2.45) is 5.92 Å². The van der Waals surface area contributed by atoms with Crippen molar-refractivity contribution >= 4 is 40.0 Å². The van der Waals surface area contributed by atoms with E-state index in [0.29, 0.717) is 47.2 Å². The molecule has 1 aromatic carbocycles. The number of ether oxygens (including phenoxy) is 1. The van der Waals surface area contributed by atoms with Crippen LogP contribution in [-0.4, -0.2) is 46.7 Å². The molecule has 5 heterocycles. The van der Waals surface area contributed by atoms with Crippen molar-refractivity contribution in [3.8, 4) is 5.75 Å². The molecule has 0 spiro atoms. The van der Waals surface area contributed by atoms with Gasteiger partial charge in [0.15, 0.2) is 11.6 Å². The summed E-state index contributed by atoms with van der Waals surface area (Å²) < 4.78 is 20.7. The molecular weight excluding hydrogens is 431 g/mol. The highest BCUT2D eigenvalue weighted by Gasteiger charge is 2.34. The molecular formula is C23H24ClFN6O. The molecule has 7 rings (SSSR count). The number of aromatic nitrogens is 3. The number of pyridine rings is 1. The van der Waals surface area contributed by atoms with Crippen LogP contribution in [0.4, 0.5) is 21.7 Å². The Kier molecular flexibility index (Phi) is 4.99. The smallest absolute Gasteiger partial charge is 0.169 e. The van der Waals surface area contributed by atoms with Crippen molar-refractivity contribution < 1.29 is 9.13 Å². The second-order valence-corrected chi connectivity index (χ2v) is 9.24. The van der Waals surface area contributed by atoms with E-state index < -0.39 is 5.82 Å². The summed E-state index contributed by atoms with van der Waals surface area (Å²) in [6.45, 7) is 2.48. The average Bonchev–Trinajstić information content (AvgIpc) is 3.67. The summed E-state index contributed by atoms with van der Waals surface area (Å²) in [4.78, 5) is 15.9. The Morgan fingerprint density at radius 2 is 2.06 bits per heavy atom. The number of rotatable bonds is 6. The topological polar surface area (TPSA) is 75.2 Å². The Morgan fingerprint density at radius 1 is 1.16 bits per heavy atom. The van der Waals surface area contributed by atoms with Crippen LogP contribution < -0.4 is 20.3 Å². The van der Waals surface area contributed by atoms with Gasteiger partial charge in [-0.2, -0.15) is 0 Å².